The average Bonchev–Trinajstić information content (AvgIpc) is 2.62. The van der Waals surface area contributed by atoms with Gasteiger partial charge in [-0.2, -0.15) is 0 Å². The van der Waals surface area contributed by atoms with Crippen LogP contribution in [0.5, 0.6) is 5.75 Å². The first kappa shape index (κ1) is 16.0. The third kappa shape index (κ3) is 4.79. The molecule has 1 saturated heterocycles. The van der Waals surface area contributed by atoms with Gasteiger partial charge >= 0.3 is 0 Å². The Kier molecular flexibility index (Phi) is 5.64. The molecule has 23 heavy (non-hydrogen) atoms. The van der Waals surface area contributed by atoms with Crippen LogP contribution in [0.1, 0.15) is 11.1 Å². The highest BCUT2D eigenvalue weighted by molar-refractivity contribution is 5.26. The third-order valence-electron chi connectivity index (χ3n) is 3.96. The molecule has 122 valence electrons. The van der Waals surface area contributed by atoms with Crippen molar-refractivity contribution >= 4 is 0 Å². The molecule has 0 amide bonds. The van der Waals surface area contributed by atoms with E-state index in [-0.39, 0.29) is 6.29 Å². The molecule has 1 heterocycles. The van der Waals surface area contributed by atoms with E-state index in [1.165, 1.54) is 5.56 Å². The summed E-state index contributed by atoms with van der Waals surface area (Å²) in [6.45, 7) is 3.93. The standard InChI is InChI=1S/C19H23NO3/c1-21-18-9-7-17(8-10-18)15-23-19-14-20(11-12-22-19)13-16-5-3-2-4-6-16/h2-10,19H,11-15H2,1H3. The van der Waals surface area contributed by atoms with Gasteiger partial charge in [0.25, 0.3) is 0 Å². The monoisotopic (exact) mass is 313 g/mol. The largest absolute Gasteiger partial charge is 0.497 e. The summed E-state index contributed by atoms with van der Waals surface area (Å²) in [7, 11) is 1.67. The first-order valence-corrected chi connectivity index (χ1v) is 7.96. The Morgan fingerprint density at radius 1 is 1.04 bits per heavy atom. The Labute approximate surface area is 137 Å². The summed E-state index contributed by atoms with van der Waals surface area (Å²) < 4.78 is 16.8. The summed E-state index contributed by atoms with van der Waals surface area (Å²) in [6, 6.07) is 18.4. The number of morpholine rings is 1. The maximum absolute atomic E-state index is 5.91. The molecule has 1 fully saturated rings. The van der Waals surface area contributed by atoms with E-state index in [9.17, 15) is 0 Å². The molecule has 3 rings (SSSR count). The predicted molar refractivity (Wildman–Crippen MR) is 89.2 cm³/mol. The third-order valence-corrected chi connectivity index (χ3v) is 3.96. The van der Waals surface area contributed by atoms with Gasteiger partial charge in [-0.05, 0) is 23.3 Å². The molecule has 0 aromatic heterocycles. The summed E-state index contributed by atoms with van der Waals surface area (Å²) in [5.74, 6) is 0.858. The minimum atomic E-state index is -0.172. The molecule has 1 aliphatic rings. The number of hydrogen-bond acceptors (Lipinski definition) is 4. The van der Waals surface area contributed by atoms with Gasteiger partial charge in [0.05, 0.1) is 20.3 Å². The quantitative estimate of drug-likeness (QED) is 0.820. The zero-order valence-electron chi connectivity index (χ0n) is 13.5. The van der Waals surface area contributed by atoms with E-state index < -0.39 is 0 Å². The van der Waals surface area contributed by atoms with Gasteiger partial charge in [0.1, 0.15) is 5.75 Å². The number of nitrogens with zero attached hydrogens (tertiary/aromatic N) is 1. The Hall–Kier alpha value is -1.88. The topological polar surface area (TPSA) is 30.9 Å². The van der Waals surface area contributed by atoms with Crippen LogP contribution in [0.15, 0.2) is 54.6 Å². The summed E-state index contributed by atoms with van der Waals surface area (Å²) in [4.78, 5) is 2.37. The summed E-state index contributed by atoms with van der Waals surface area (Å²) in [5, 5.41) is 0. The molecule has 1 atom stereocenters. The molecule has 1 unspecified atom stereocenters. The van der Waals surface area contributed by atoms with Gasteiger partial charge in [0.2, 0.25) is 0 Å². The van der Waals surface area contributed by atoms with Crippen molar-refractivity contribution < 1.29 is 14.2 Å². The molecule has 4 heteroatoms. The van der Waals surface area contributed by atoms with Crippen LogP contribution < -0.4 is 4.74 Å². The van der Waals surface area contributed by atoms with Gasteiger partial charge in [0.15, 0.2) is 6.29 Å². The molecule has 4 nitrogen and oxygen atoms in total. The van der Waals surface area contributed by atoms with Crippen LogP contribution in [0.4, 0.5) is 0 Å². The zero-order chi connectivity index (χ0) is 15.9. The van der Waals surface area contributed by atoms with Crippen LogP contribution in [0.2, 0.25) is 0 Å². The minimum absolute atomic E-state index is 0.172. The van der Waals surface area contributed by atoms with Crippen LogP contribution in [-0.4, -0.2) is 38.0 Å². The van der Waals surface area contributed by atoms with E-state index >= 15 is 0 Å². The van der Waals surface area contributed by atoms with Gasteiger partial charge in [-0.1, -0.05) is 42.5 Å². The fraction of sp³-hybridized carbons (Fsp3) is 0.368. The minimum Gasteiger partial charge on any atom is -0.497 e. The molecule has 1 aliphatic heterocycles. The van der Waals surface area contributed by atoms with Gasteiger partial charge in [-0.25, -0.2) is 0 Å². The second-order valence-corrected chi connectivity index (χ2v) is 5.68. The van der Waals surface area contributed by atoms with Crippen molar-refractivity contribution in [3.63, 3.8) is 0 Å². The van der Waals surface area contributed by atoms with Gasteiger partial charge in [-0.3, -0.25) is 4.90 Å². The number of benzene rings is 2. The van der Waals surface area contributed by atoms with Gasteiger partial charge < -0.3 is 14.2 Å². The van der Waals surface area contributed by atoms with E-state index in [4.69, 9.17) is 14.2 Å². The van der Waals surface area contributed by atoms with E-state index in [1.807, 2.05) is 30.3 Å². The van der Waals surface area contributed by atoms with E-state index in [1.54, 1.807) is 7.11 Å². The Morgan fingerprint density at radius 3 is 2.57 bits per heavy atom. The van der Waals surface area contributed by atoms with Crippen LogP contribution in [-0.2, 0) is 22.6 Å². The molecular formula is C19H23NO3. The van der Waals surface area contributed by atoms with Crippen molar-refractivity contribution in [2.75, 3.05) is 26.8 Å². The lowest BCUT2D eigenvalue weighted by Gasteiger charge is -2.32. The van der Waals surface area contributed by atoms with Crippen molar-refractivity contribution in [3.8, 4) is 5.75 Å². The van der Waals surface area contributed by atoms with Gasteiger partial charge in [-0.15, -0.1) is 0 Å². The highest BCUT2D eigenvalue weighted by Gasteiger charge is 2.20. The highest BCUT2D eigenvalue weighted by Crippen LogP contribution is 2.15. The maximum Gasteiger partial charge on any atom is 0.170 e. The van der Waals surface area contributed by atoms with Gasteiger partial charge in [0, 0.05) is 19.6 Å². The summed E-state index contributed by atoms with van der Waals surface area (Å²) in [6.07, 6.45) is -0.172. The van der Waals surface area contributed by atoms with Crippen molar-refractivity contribution in [2.45, 2.75) is 19.4 Å². The number of rotatable bonds is 6. The second kappa shape index (κ2) is 8.11. The van der Waals surface area contributed by atoms with Crippen LogP contribution in [0, 0.1) is 0 Å². The van der Waals surface area contributed by atoms with Crippen molar-refractivity contribution in [1.29, 1.82) is 0 Å². The molecule has 0 N–H and O–H groups in total. The van der Waals surface area contributed by atoms with Crippen LogP contribution in [0.3, 0.4) is 0 Å². The zero-order valence-corrected chi connectivity index (χ0v) is 13.5. The van der Waals surface area contributed by atoms with Crippen molar-refractivity contribution in [2.24, 2.45) is 0 Å². The lowest BCUT2D eigenvalue weighted by Crippen LogP contribution is -2.43. The average molecular weight is 313 g/mol. The molecule has 0 saturated carbocycles. The number of methoxy groups -OCH3 is 1. The smallest absolute Gasteiger partial charge is 0.170 e. The Bertz CT molecular complexity index is 585. The maximum atomic E-state index is 5.91. The Morgan fingerprint density at radius 2 is 1.83 bits per heavy atom. The fourth-order valence-electron chi connectivity index (χ4n) is 2.67. The van der Waals surface area contributed by atoms with Crippen LogP contribution >= 0.6 is 0 Å². The van der Waals surface area contributed by atoms with E-state index in [0.29, 0.717) is 13.2 Å². The highest BCUT2D eigenvalue weighted by atomic mass is 16.7. The summed E-state index contributed by atoms with van der Waals surface area (Å²) >= 11 is 0. The van der Waals surface area contributed by atoms with Crippen molar-refractivity contribution in [1.82, 2.24) is 4.90 Å². The fourth-order valence-corrected chi connectivity index (χ4v) is 2.67. The molecule has 0 aliphatic carbocycles. The first-order valence-electron chi connectivity index (χ1n) is 7.96. The second-order valence-electron chi connectivity index (χ2n) is 5.68. The molecule has 0 bridgehead atoms. The SMILES string of the molecule is COc1ccc(COC2CN(Cc3ccccc3)CCO2)cc1. The van der Waals surface area contributed by atoms with Crippen LogP contribution in [0.25, 0.3) is 0 Å². The first-order chi connectivity index (χ1) is 11.3. The molecule has 0 spiro atoms. The molecule has 0 radical (unpaired) electrons. The van der Waals surface area contributed by atoms with E-state index in [0.717, 1.165) is 30.9 Å². The predicted octanol–water partition coefficient (Wildman–Crippen LogP) is 3.07. The number of hydrogen-bond donors (Lipinski definition) is 0. The summed E-state index contributed by atoms with van der Waals surface area (Å²) in [5.41, 5.74) is 2.44. The van der Waals surface area contributed by atoms with E-state index in [2.05, 4.69) is 29.2 Å². The number of ether oxygens (including phenoxy) is 3. The van der Waals surface area contributed by atoms with Crippen molar-refractivity contribution in [3.05, 3.63) is 65.7 Å². The Balaban J connectivity index is 1.48. The molecular weight excluding hydrogens is 290 g/mol. The molecule has 2 aromatic rings. The normalized spacial score (nSPS) is 18.7. The lowest BCUT2D eigenvalue weighted by atomic mass is 10.2. The molecule has 2 aromatic carbocycles. The lowest BCUT2D eigenvalue weighted by molar-refractivity contribution is -0.186.